The Labute approximate surface area is 267 Å². The Kier molecular flexibility index (Phi) is 10.1. The number of ether oxygens (including phenoxy) is 2. The third-order valence-electron chi connectivity index (χ3n) is 7.13. The second-order valence-corrected chi connectivity index (χ2v) is 11.7. The van der Waals surface area contributed by atoms with Crippen LogP contribution < -0.4 is 19.7 Å². The molecular weight excluding hydrogens is 624 g/mol. The van der Waals surface area contributed by atoms with Gasteiger partial charge < -0.3 is 19.7 Å². The summed E-state index contributed by atoms with van der Waals surface area (Å²) in [5.41, 5.74) is 3.48. The molecule has 9 nitrogen and oxygen atoms in total. The molecule has 0 aliphatic carbocycles. The molecule has 2 amide bonds. The van der Waals surface area contributed by atoms with Crippen molar-refractivity contribution in [2.24, 2.45) is 4.99 Å². The average Bonchev–Trinajstić information content (AvgIpc) is 3.54. The molecule has 1 N–H and O–H groups in total. The number of halogens is 4. The second kappa shape index (κ2) is 14.2. The number of alkyl halides is 4. The summed E-state index contributed by atoms with van der Waals surface area (Å²) >= 11 is 1.48. The second-order valence-electron chi connectivity index (χ2n) is 10.7. The average molecular weight is 657 g/mol. The van der Waals surface area contributed by atoms with E-state index in [1.807, 2.05) is 23.1 Å². The molecule has 5 rings (SSSR count). The summed E-state index contributed by atoms with van der Waals surface area (Å²) in [4.78, 5) is 23.4. The number of carbonyl (C=O) groups is 1. The summed E-state index contributed by atoms with van der Waals surface area (Å²) in [6.45, 7) is 4.63. The fourth-order valence-corrected chi connectivity index (χ4v) is 5.78. The van der Waals surface area contributed by atoms with Crippen molar-refractivity contribution in [1.82, 2.24) is 20.1 Å². The molecular formula is C32H32F4N6O3S. The van der Waals surface area contributed by atoms with Crippen LogP contribution in [0.15, 0.2) is 78.0 Å². The zero-order valence-electron chi connectivity index (χ0n) is 25.3. The van der Waals surface area contributed by atoms with Crippen molar-refractivity contribution in [3.8, 4) is 28.6 Å². The van der Waals surface area contributed by atoms with Crippen LogP contribution in [0.5, 0.6) is 11.5 Å². The number of rotatable bonds is 9. The number of amidine groups is 1. The minimum absolute atomic E-state index is 0.246. The molecule has 242 valence electrons. The fourth-order valence-electron chi connectivity index (χ4n) is 4.83. The molecule has 0 spiro atoms. The molecule has 3 aromatic carbocycles. The number of carbonyl (C=O) groups excluding carboxylic acids is 1. The summed E-state index contributed by atoms with van der Waals surface area (Å²) in [6, 6.07) is 16.9. The van der Waals surface area contributed by atoms with Crippen molar-refractivity contribution in [1.29, 1.82) is 0 Å². The molecule has 0 saturated carbocycles. The number of aromatic nitrogens is 3. The van der Waals surface area contributed by atoms with Crippen molar-refractivity contribution in [3.05, 3.63) is 84.2 Å². The van der Waals surface area contributed by atoms with Gasteiger partial charge in [0.2, 0.25) is 0 Å². The number of benzene rings is 3. The quantitative estimate of drug-likeness (QED) is 0.185. The summed E-state index contributed by atoms with van der Waals surface area (Å²) in [7, 11) is 1.61. The van der Waals surface area contributed by atoms with Gasteiger partial charge in [-0.25, -0.2) is 18.9 Å². The number of hydrogen-bond donors (Lipinski definition) is 1. The highest BCUT2D eigenvalue weighted by atomic mass is 32.2. The molecule has 1 aliphatic heterocycles. The normalized spacial score (nSPS) is 15.2. The van der Waals surface area contributed by atoms with Gasteiger partial charge in [-0.2, -0.15) is 4.99 Å². The van der Waals surface area contributed by atoms with E-state index >= 15 is 4.39 Å². The van der Waals surface area contributed by atoms with Gasteiger partial charge in [-0.15, -0.1) is 18.3 Å². The molecule has 46 heavy (non-hydrogen) atoms. The third-order valence-corrected chi connectivity index (χ3v) is 8.19. The van der Waals surface area contributed by atoms with Crippen molar-refractivity contribution < 1.29 is 31.8 Å². The van der Waals surface area contributed by atoms with Crippen LogP contribution in [0.3, 0.4) is 0 Å². The first-order valence-corrected chi connectivity index (χ1v) is 15.5. The summed E-state index contributed by atoms with van der Waals surface area (Å²) in [5, 5.41) is 7.49. The molecule has 1 fully saturated rings. The zero-order chi connectivity index (χ0) is 32.8. The standard InChI is InChI=1S/C32H32F4N6O3S/c1-20(2)26-14-13-25(44-3)17-28(26)41-15-4-16-46-31(41)39-30(43)37-18-27(33)21-5-7-22(8-6-21)29-38-19-42(40-29)23-9-11-24(12-10-23)45-32(34,35)36/h5-14,17,19-20,27H,4,15-16,18H2,1-3H3,(H,37,43)/b39-31-. The van der Waals surface area contributed by atoms with Gasteiger partial charge in [-0.1, -0.05) is 55.9 Å². The lowest BCUT2D eigenvalue weighted by Gasteiger charge is -2.32. The van der Waals surface area contributed by atoms with Crippen molar-refractivity contribution in [2.75, 3.05) is 30.9 Å². The van der Waals surface area contributed by atoms with Crippen LogP contribution in [0.1, 0.15) is 43.5 Å². The summed E-state index contributed by atoms with van der Waals surface area (Å²) in [6.07, 6.45) is -3.92. The van der Waals surface area contributed by atoms with Gasteiger partial charge in [0.25, 0.3) is 0 Å². The van der Waals surface area contributed by atoms with Crippen molar-refractivity contribution in [3.63, 3.8) is 0 Å². The van der Waals surface area contributed by atoms with Gasteiger partial charge in [0.05, 0.1) is 19.3 Å². The van der Waals surface area contributed by atoms with E-state index in [0.29, 0.717) is 40.1 Å². The van der Waals surface area contributed by atoms with Crippen molar-refractivity contribution in [2.45, 2.75) is 38.7 Å². The molecule has 0 radical (unpaired) electrons. The monoisotopic (exact) mass is 656 g/mol. The molecule has 1 saturated heterocycles. The van der Waals surface area contributed by atoms with E-state index in [0.717, 1.165) is 23.4 Å². The molecule has 14 heteroatoms. The van der Waals surface area contributed by atoms with Gasteiger partial charge >= 0.3 is 12.4 Å². The van der Waals surface area contributed by atoms with Crippen LogP contribution in [0.2, 0.25) is 0 Å². The van der Waals surface area contributed by atoms with Crippen LogP contribution in [-0.2, 0) is 0 Å². The molecule has 0 bridgehead atoms. The van der Waals surface area contributed by atoms with E-state index in [9.17, 15) is 18.0 Å². The number of aliphatic imine (C=N–C) groups is 1. The SMILES string of the molecule is COc1ccc(C(C)C)c(N2CCCS/C2=N\C(=O)NCC(F)c2ccc(-c3ncn(-c4ccc(OC(F)(F)F)cc4)n3)cc2)c1. The fraction of sp³-hybridized carbons (Fsp3) is 0.312. The Bertz CT molecular complexity index is 1680. The number of amides is 2. The number of thioether (sulfide) groups is 1. The Morgan fingerprint density at radius 2 is 1.78 bits per heavy atom. The predicted octanol–water partition coefficient (Wildman–Crippen LogP) is 7.68. The van der Waals surface area contributed by atoms with Crippen molar-refractivity contribution >= 4 is 28.6 Å². The van der Waals surface area contributed by atoms with Gasteiger partial charge in [0, 0.05) is 29.6 Å². The van der Waals surface area contributed by atoms with E-state index in [1.165, 1.54) is 47.0 Å². The first-order valence-electron chi connectivity index (χ1n) is 14.5. The zero-order valence-corrected chi connectivity index (χ0v) is 26.1. The highest BCUT2D eigenvalue weighted by Gasteiger charge is 2.31. The predicted molar refractivity (Wildman–Crippen MR) is 170 cm³/mol. The molecule has 1 unspecified atom stereocenters. The number of nitrogens with one attached hydrogen (secondary N) is 1. The van der Waals surface area contributed by atoms with Crippen LogP contribution >= 0.6 is 11.8 Å². The van der Waals surface area contributed by atoms with Gasteiger partial charge in [-0.05, 0) is 53.8 Å². The number of methoxy groups -OCH3 is 1. The highest BCUT2D eigenvalue weighted by molar-refractivity contribution is 8.14. The Balaban J connectivity index is 1.20. The topological polar surface area (TPSA) is 93.9 Å². The molecule has 4 aromatic rings. The van der Waals surface area contributed by atoms with E-state index < -0.39 is 18.6 Å². The maximum Gasteiger partial charge on any atom is 0.573 e. The lowest BCUT2D eigenvalue weighted by atomic mass is 10.00. The van der Waals surface area contributed by atoms with E-state index in [1.54, 1.807) is 31.4 Å². The number of nitrogens with zero attached hydrogens (tertiary/aromatic N) is 5. The molecule has 1 atom stereocenters. The summed E-state index contributed by atoms with van der Waals surface area (Å²) < 4.78 is 63.1. The largest absolute Gasteiger partial charge is 0.573 e. The van der Waals surface area contributed by atoms with Crippen LogP contribution in [0.4, 0.5) is 28.0 Å². The van der Waals surface area contributed by atoms with Crippen LogP contribution in [0.25, 0.3) is 17.1 Å². The highest BCUT2D eigenvalue weighted by Crippen LogP contribution is 2.35. The lowest BCUT2D eigenvalue weighted by Crippen LogP contribution is -2.36. The van der Waals surface area contributed by atoms with E-state index in [4.69, 9.17) is 4.74 Å². The molecule has 1 aromatic heterocycles. The molecule has 1 aliphatic rings. The van der Waals surface area contributed by atoms with Gasteiger partial charge in [0.15, 0.2) is 11.0 Å². The summed E-state index contributed by atoms with van der Waals surface area (Å²) in [5.74, 6) is 1.77. The maximum absolute atomic E-state index is 15.1. The van der Waals surface area contributed by atoms with E-state index in [2.05, 4.69) is 39.0 Å². The third kappa shape index (κ3) is 8.16. The minimum atomic E-state index is -4.78. The number of urea groups is 1. The number of hydrogen-bond acceptors (Lipinski definition) is 6. The Morgan fingerprint density at radius 1 is 1.07 bits per heavy atom. The minimum Gasteiger partial charge on any atom is -0.497 e. The maximum atomic E-state index is 15.1. The first kappa shape index (κ1) is 32.8. The number of anilines is 1. The van der Waals surface area contributed by atoms with Crippen LogP contribution in [-0.4, -0.2) is 58.3 Å². The van der Waals surface area contributed by atoms with Gasteiger partial charge in [-0.3, -0.25) is 0 Å². The van der Waals surface area contributed by atoms with Crippen LogP contribution in [0, 0.1) is 0 Å². The van der Waals surface area contributed by atoms with Gasteiger partial charge in [0.1, 0.15) is 24.0 Å². The Hall–Kier alpha value is -4.59. The first-order chi connectivity index (χ1) is 22.0. The smallest absolute Gasteiger partial charge is 0.497 e. The lowest BCUT2D eigenvalue weighted by molar-refractivity contribution is -0.274. The molecule has 2 heterocycles. The van der Waals surface area contributed by atoms with E-state index in [-0.39, 0.29) is 18.2 Å². The Morgan fingerprint density at radius 3 is 2.46 bits per heavy atom.